The summed E-state index contributed by atoms with van der Waals surface area (Å²) < 4.78 is 5.12. The second-order valence-electron chi connectivity index (χ2n) is 8.61. The summed E-state index contributed by atoms with van der Waals surface area (Å²) in [6.07, 6.45) is 1.50. The highest BCUT2D eigenvalue weighted by Gasteiger charge is 2.32. The molecule has 1 fully saturated rings. The first-order valence-electron chi connectivity index (χ1n) is 11.4. The number of nitrogens with zero attached hydrogens (tertiary/aromatic N) is 1. The first kappa shape index (κ1) is 24.8. The minimum absolute atomic E-state index is 0.00895. The highest BCUT2D eigenvalue weighted by Crippen LogP contribution is 2.27. The third kappa shape index (κ3) is 5.77. The van der Waals surface area contributed by atoms with Crippen LogP contribution in [0.25, 0.3) is 0 Å². The minimum atomic E-state index is -0.417. The van der Waals surface area contributed by atoms with E-state index in [0.717, 1.165) is 18.4 Å². The number of benzene rings is 1. The molecular formula is C25H32ClN3O4. The Morgan fingerprint density at radius 3 is 2.58 bits per heavy atom. The molecule has 3 rings (SSSR count). The number of rotatable bonds is 7. The quantitative estimate of drug-likeness (QED) is 0.587. The van der Waals surface area contributed by atoms with Gasteiger partial charge in [0, 0.05) is 36.3 Å². The standard InChI is InChI=1S/C25H32ClN3O4/c1-5-33-25(32)21-16(3)22(28-17(21)4)24(31)29-11-9-19(10-12-29)15(2)23(30)27-14-18-7-6-8-20(26)13-18/h6-8,13,15,19,28H,5,9-12,14H2,1-4H3,(H,27,30). The van der Waals surface area contributed by atoms with Crippen LogP contribution in [0.4, 0.5) is 0 Å². The van der Waals surface area contributed by atoms with E-state index in [0.29, 0.717) is 47.2 Å². The van der Waals surface area contributed by atoms with E-state index in [-0.39, 0.29) is 30.3 Å². The highest BCUT2D eigenvalue weighted by molar-refractivity contribution is 6.30. The maximum absolute atomic E-state index is 13.1. The van der Waals surface area contributed by atoms with Gasteiger partial charge in [0.2, 0.25) is 5.91 Å². The number of hydrogen-bond donors (Lipinski definition) is 2. The lowest BCUT2D eigenvalue weighted by Crippen LogP contribution is -2.42. The number of aryl methyl sites for hydroxylation is 1. The molecule has 1 aromatic heterocycles. The number of hydrogen-bond acceptors (Lipinski definition) is 4. The molecule has 0 spiro atoms. The van der Waals surface area contributed by atoms with Gasteiger partial charge in [0.25, 0.3) is 5.91 Å². The number of piperidine rings is 1. The lowest BCUT2D eigenvalue weighted by Gasteiger charge is -2.34. The van der Waals surface area contributed by atoms with E-state index >= 15 is 0 Å². The summed E-state index contributed by atoms with van der Waals surface area (Å²) in [6, 6.07) is 7.44. The number of carbonyl (C=O) groups excluding carboxylic acids is 3. The topological polar surface area (TPSA) is 91.5 Å². The van der Waals surface area contributed by atoms with Crippen LogP contribution >= 0.6 is 11.6 Å². The zero-order chi connectivity index (χ0) is 24.1. The molecule has 178 valence electrons. The van der Waals surface area contributed by atoms with Crippen LogP contribution in [-0.4, -0.2) is 47.4 Å². The predicted octanol–water partition coefficient (Wildman–Crippen LogP) is 4.27. The van der Waals surface area contributed by atoms with Gasteiger partial charge in [0.05, 0.1) is 12.2 Å². The number of esters is 1. The number of nitrogens with one attached hydrogen (secondary N) is 2. The number of amides is 2. The van der Waals surface area contributed by atoms with Crippen LogP contribution in [0.2, 0.25) is 5.02 Å². The maximum atomic E-state index is 13.1. The van der Waals surface area contributed by atoms with E-state index in [1.165, 1.54) is 0 Å². The van der Waals surface area contributed by atoms with E-state index in [2.05, 4.69) is 10.3 Å². The lowest BCUT2D eigenvalue weighted by atomic mass is 9.84. The Morgan fingerprint density at radius 1 is 1.24 bits per heavy atom. The molecule has 1 aliphatic heterocycles. The fourth-order valence-corrected chi connectivity index (χ4v) is 4.66. The van der Waals surface area contributed by atoms with Gasteiger partial charge in [-0.05, 0) is 62.8 Å². The summed E-state index contributed by atoms with van der Waals surface area (Å²) in [4.78, 5) is 42.9. The third-order valence-corrected chi connectivity index (χ3v) is 6.67. The number of carbonyl (C=O) groups is 3. The second kappa shape index (κ2) is 10.9. The average molecular weight is 474 g/mol. The summed E-state index contributed by atoms with van der Waals surface area (Å²) in [7, 11) is 0. The predicted molar refractivity (Wildman–Crippen MR) is 127 cm³/mol. The van der Waals surface area contributed by atoms with Gasteiger partial charge < -0.3 is 19.9 Å². The summed E-state index contributed by atoms with van der Waals surface area (Å²) in [5.41, 5.74) is 3.07. The molecule has 0 saturated carbocycles. The number of aromatic nitrogens is 1. The van der Waals surface area contributed by atoms with Crippen molar-refractivity contribution < 1.29 is 19.1 Å². The van der Waals surface area contributed by atoms with Gasteiger partial charge >= 0.3 is 5.97 Å². The number of likely N-dealkylation sites (tertiary alicyclic amines) is 1. The minimum Gasteiger partial charge on any atom is -0.462 e. The molecule has 8 heteroatoms. The molecule has 2 amide bonds. The molecule has 0 radical (unpaired) electrons. The van der Waals surface area contributed by atoms with Crippen molar-refractivity contribution in [3.8, 4) is 0 Å². The van der Waals surface area contributed by atoms with Gasteiger partial charge in [0.15, 0.2) is 0 Å². The van der Waals surface area contributed by atoms with Crippen LogP contribution in [0.15, 0.2) is 24.3 Å². The van der Waals surface area contributed by atoms with Gasteiger partial charge in [-0.3, -0.25) is 9.59 Å². The van der Waals surface area contributed by atoms with E-state index < -0.39 is 5.97 Å². The van der Waals surface area contributed by atoms with Gasteiger partial charge in [-0.25, -0.2) is 4.79 Å². The molecule has 1 aliphatic rings. The number of aromatic amines is 1. The molecule has 2 aromatic rings. The molecule has 0 aliphatic carbocycles. The fourth-order valence-electron chi connectivity index (χ4n) is 4.45. The van der Waals surface area contributed by atoms with Crippen molar-refractivity contribution in [2.45, 2.75) is 47.1 Å². The molecule has 1 saturated heterocycles. The van der Waals surface area contributed by atoms with Crippen LogP contribution in [0.3, 0.4) is 0 Å². The number of H-pyrrole nitrogens is 1. The molecule has 7 nitrogen and oxygen atoms in total. The van der Waals surface area contributed by atoms with E-state index in [1.54, 1.807) is 31.7 Å². The third-order valence-electron chi connectivity index (χ3n) is 6.43. The summed E-state index contributed by atoms with van der Waals surface area (Å²) in [5.74, 6) is -0.474. The second-order valence-corrected chi connectivity index (χ2v) is 9.05. The van der Waals surface area contributed by atoms with Crippen LogP contribution in [0.1, 0.15) is 64.4 Å². The van der Waals surface area contributed by atoms with Crippen molar-refractivity contribution >= 4 is 29.4 Å². The van der Waals surface area contributed by atoms with Crippen molar-refractivity contribution in [3.05, 3.63) is 57.4 Å². The Labute approximate surface area is 199 Å². The fraction of sp³-hybridized carbons (Fsp3) is 0.480. The van der Waals surface area contributed by atoms with Crippen molar-refractivity contribution in [1.29, 1.82) is 0 Å². The Balaban J connectivity index is 1.56. The van der Waals surface area contributed by atoms with Gasteiger partial charge in [-0.2, -0.15) is 0 Å². The van der Waals surface area contributed by atoms with Crippen LogP contribution in [-0.2, 0) is 16.1 Å². The summed E-state index contributed by atoms with van der Waals surface area (Å²) in [6.45, 7) is 9.10. The van der Waals surface area contributed by atoms with Crippen LogP contribution in [0, 0.1) is 25.7 Å². The Bertz CT molecular complexity index is 1020. The van der Waals surface area contributed by atoms with Crippen molar-refractivity contribution in [1.82, 2.24) is 15.2 Å². The molecule has 1 unspecified atom stereocenters. The van der Waals surface area contributed by atoms with E-state index in [4.69, 9.17) is 16.3 Å². The molecule has 1 atom stereocenters. The molecule has 2 N–H and O–H groups in total. The first-order chi connectivity index (χ1) is 15.7. The van der Waals surface area contributed by atoms with Gasteiger partial charge in [-0.1, -0.05) is 30.7 Å². The normalized spacial score (nSPS) is 15.2. The number of ether oxygens (including phenoxy) is 1. The Hall–Kier alpha value is -2.80. The monoisotopic (exact) mass is 473 g/mol. The van der Waals surface area contributed by atoms with Gasteiger partial charge in [0.1, 0.15) is 5.69 Å². The van der Waals surface area contributed by atoms with Crippen LogP contribution < -0.4 is 5.32 Å². The SMILES string of the molecule is CCOC(=O)c1c(C)[nH]c(C(=O)N2CCC(C(C)C(=O)NCc3cccc(Cl)c3)CC2)c1C. The van der Waals surface area contributed by atoms with Crippen molar-refractivity contribution in [2.75, 3.05) is 19.7 Å². The molecule has 1 aromatic carbocycles. The smallest absolute Gasteiger partial charge is 0.340 e. The molecule has 33 heavy (non-hydrogen) atoms. The summed E-state index contributed by atoms with van der Waals surface area (Å²) in [5, 5.41) is 3.64. The Kier molecular flexibility index (Phi) is 8.19. The summed E-state index contributed by atoms with van der Waals surface area (Å²) >= 11 is 6.01. The Morgan fingerprint density at radius 2 is 1.94 bits per heavy atom. The molecule has 2 heterocycles. The molecular weight excluding hydrogens is 442 g/mol. The largest absolute Gasteiger partial charge is 0.462 e. The van der Waals surface area contributed by atoms with E-state index in [9.17, 15) is 14.4 Å². The lowest BCUT2D eigenvalue weighted by molar-refractivity contribution is -0.126. The maximum Gasteiger partial charge on any atom is 0.340 e. The van der Waals surface area contributed by atoms with Crippen LogP contribution in [0.5, 0.6) is 0 Å². The zero-order valence-corrected chi connectivity index (χ0v) is 20.4. The average Bonchev–Trinajstić information content (AvgIpc) is 3.10. The van der Waals surface area contributed by atoms with Gasteiger partial charge in [-0.15, -0.1) is 0 Å². The zero-order valence-electron chi connectivity index (χ0n) is 19.7. The first-order valence-corrected chi connectivity index (χ1v) is 11.8. The highest BCUT2D eigenvalue weighted by atomic mass is 35.5. The van der Waals surface area contributed by atoms with Crippen molar-refractivity contribution in [2.24, 2.45) is 11.8 Å². The van der Waals surface area contributed by atoms with Crippen molar-refractivity contribution in [3.63, 3.8) is 0 Å². The molecule has 0 bridgehead atoms. The van der Waals surface area contributed by atoms with E-state index in [1.807, 2.05) is 25.1 Å². The number of halogens is 1.